The largest absolute Gasteiger partial charge is 0.361 e. The summed E-state index contributed by atoms with van der Waals surface area (Å²) in [6, 6.07) is 21.3. The van der Waals surface area contributed by atoms with E-state index in [9.17, 15) is 4.79 Å². The minimum Gasteiger partial charge on any atom is -0.361 e. The first-order chi connectivity index (χ1) is 17.7. The topological polar surface area (TPSA) is 61.0 Å². The number of aromatic amines is 1. The summed E-state index contributed by atoms with van der Waals surface area (Å²) in [7, 11) is 0. The predicted molar refractivity (Wildman–Crippen MR) is 149 cm³/mol. The molecule has 0 aliphatic heterocycles. The molecule has 186 valence electrons. The Labute approximate surface area is 214 Å². The molecule has 4 aromatic rings. The number of rotatable bonds is 13. The van der Waals surface area contributed by atoms with E-state index >= 15 is 0 Å². The lowest BCUT2D eigenvalue weighted by Gasteiger charge is -2.22. The van der Waals surface area contributed by atoms with Crippen LogP contribution in [0.15, 0.2) is 85.3 Å². The molecule has 0 unspecified atom stereocenters. The van der Waals surface area contributed by atoms with Crippen LogP contribution >= 0.6 is 0 Å². The summed E-state index contributed by atoms with van der Waals surface area (Å²) < 4.78 is 0. The zero-order valence-electron chi connectivity index (χ0n) is 21.1. The first-order valence-electron chi connectivity index (χ1n) is 12.9. The molecule has 0 saturated heterocycles. The van der Waals surface area contributed by atoms with Gasteiger partial charge in [0.2, 0.25) is 5.91 Å². The summed E-state index contributed by atoms with van der Waals surface area (Å²) in [6.07, 6.45) is 13.0. The maximum absolute atomic E-state index is 12.0. The smallest absolute Gasteiger partial charge is 0.244 e. The molecule has 1 amide bonds. The Morgan fingerprint density at radius 3 is 2.64 bits per heavy atom. The van der Waals surface area contributed by atoms with Gasteiger partial charge in [0.05, 0.1) is 0 Å². The molecule has 0 bridgehead atoms. The highest BCUT2D eigenvalue weighted by Gasteiger charge is 2.09. The van der Waals surface area contributed by atoms with Crippen LogP contribution in [0.25, 0.3) is 17.0 Å². The van der Waals surface area contributed by atoms with Gasteiger partial charge in [0.1, 0.15) is 0 Å². The van der Waals surface area contributed by atoms with Crippen LogP contribution in [0.5, 0.6) is 0 Å². The first kappa shape index (κ1) is 25.4. The van der Waals surface area contributed by atoms with Gasteiger partial charge in [0.25, 0.3) is 0 Å². The number of nitrogens with zero attached hydrogens (tertiary/aromatic N) is 2. The van der Waals surface area contributed by atoms with Gasteiger partial charge in [0.15, 0.2) is 0 Å². The summed E-state index contributed by atoms with van der Waals surface area (Å²) in [5.74, 6) is -0.0714. The average molecular weight is 481 g/mol. The van der Waals surface area contributed by atoms with Gasteiger partial charge in [-0.25, -0.2) is 0 Å². The molecule has 0 saturated carbocycles. The number of carbonyl (C=O) groups excluding carboxylic acids is 1. The van der Waals surface area contributed by atoms with Crippen molar-refractivity contribution in [1.29, 1.82) is 0 Å². The van der Waals surface area contributed by atoms with Gasteiger partial charge >= 0.3 is 0 Å². The number of aryl methyl sites for hydroxylation is 1. The molecule has 2 heterocycles. The fraction of sp³-hybridized carbons (Fsp3) is 0.290. The van der Waals surface area contributed by atoms with Crippen molar-refractivity contribution in [2.45, 2.75) is 39.2 Å². The molecule has 2 aromatic heterocycles. The Bertz CT molecular complexity index is 1240. The molecule has 0 radical (unpaired) electrons. The van der Waals surface area contributed by atoms with Crippen LogP contribution < -0.4 is 5.32 Å². The number of para-hydroxylation sites is 1. The fourth-order valence-electron chi connectivity index (χ4n) is 4.48. The third kappa shape index (κ3) is 7.65. The standard InChI is InChI=1S/C31H36N4O/c1-2-20-35(21-17-28-23-34-30-10-4-3-9-29(28)30)24-27-13-11-25(12-14-27)7-6-19-33-31(36)16-15-26-8-5-18-32-22-26/h3-5,8-16,18,22-23,34H,2,6-7,17,19-21,24H2,1H3,(H,33,36)/b16-15+. The SMILES string of the molecule is CCCN(CCc1c[nH]c2ccccc12)Cc1ccc(CCCNC(=O)/C=C/c2cccnc2)cc1. The van der Waals surface area contributed by atoms with Gasteiger partial charge in [0, 0.05) is 55.2 Å². The van der Waals surface area contributed by atoms with Crippen molar-refractivity contribution in [2.75, 3.05) is 19.6 Å². The predicted octanol–water partition coefficient (Wildman–Crippen LogP) is 5.78. The average Bonchev–Trinajstić information content (AvgIpc) is 3.33. The second kappa shape index (κ2) is 13.4. The van der Waals surface area contributed by atoms with Crippen molar-refractivity contribution >= 4 is 22.9 Å². The van der Waals surface area contributed by atoms with Crippen LogP contribution in [0.3, 0.4) is 0 Å². The zero-order chi connectivity index (χ0) is 25.0. The number of pyridine rings is 1. The lowest BCUT2D eigenvalue weighted by atomic mass is 10.1. The van der Waals surface area contributed by atoms with Crippen molar-refractivity contribution in [3.8, 4) is 0 Å². The minimum absolute atomic E-state index is 0.0714. The lowest BCUT2D eigenvalue weighted by Crippen LogP contribution is -2.26. The van der Waals surface area contributed by atoms with Crippen molar-refractivity contribution < 1.29 is 4.79 Å². The Kier molecular flexibility index (Phi) is 9.46. The number of benzene rings is 2. The molecule has 5 nitrogen and oxygen atoms in total. The summed E-state index contributed by atoms with van der Waals surface area (Å²) in [4.78, 5) is 22.0. The third-order valence-corrected chi connectivity index (χ3v) is 6.39. The van der Waals surface area contributed by atoms with Crippen LogP contribution in [0.4, 0.5) is 0 Å². The van der Waals surface area contributed by atoms with Crippen LogP contribution in [0.1, 0.15) is 42.0 Å². The van der Waals surface area contributed by atoms with Crippen LogP contribution in [0, 0.1) is 0 Å². The van der Waals surface area contributed by atoms with E-state index < -0.39 is 0 Å². The minimum atomic E-state index is -0.0714. The maximum atomic E-state index is 12.0. The quantitative estimate of drug-likeness (QED) is 0.188. The Hall–Kier alpha value is -3.70. The molecule has 0 spiro atoms. The molecule has 0 fully saturated rings. The molecule has 2 aromatic carbocycles. The molecule has 5 heteroatoms. The van der Waals surface area contributed by atoms with Gasteiger partial charge in [-0.1, -0.05) is 55.5 Å². The molecule has 36 heavy (non-hydrogen) atoms. The second-order valence-electron chi connectivity index (χ2n) is 9.22. The molecule has 2 N–H and O–H groups in total. The van der Waals surface area contributed by atoms with Gasteiger partial charge in [-0.3, -0.25) is 14.7 Å². The maximum Gasteiger partial charge on any atom is 0.244 e. The van der Waals surface area contributed by atoms with Crippen LogP contribution in [-0.2, 0) is 24.2 Å². The van der Waals surface area contributed by atoms with E-state index in [0.717, 1.165) is 50.9 Å². The molecular weight excluding hydrogens is 444 g/mol. The fourth-order valence-corrected chi connectivity index (χ4v) is 4.48. The number of H-pyrrole nitrogens is 1. The highest BCUT2D eigenvalue weighted by molar-refractivity contribution is 5.91. The zero-order valence-corrected chi connectivity index (χ0v) is 21.1. The number of carbonyl (C=O) groups is 1. The second-order valence-corrected chi connectivity index (χ2v) is 9.22. The molecular formula is C31H36N4O. The molecule has 0 aliphatic rings. The monoisotopic (exact) mass is 480 g/mol. The first-order valence-corrected chi connectivity index (χ1v) is 12.9. The van der Waals surface area contributed by atoms with E-state index in [4.69, 9.17) is 0 Å². The van der Waals surface area contributed by atoms with Crippen LogP contribution in [-0.4, -0.2) is 40.4 Å². The Balaban J connectivity index is 1.20. The van der Waals surface area contributed by atoms with Gasteiger partial charge < -0.3 is 10.3 Å². The van der Waals surface area contributed by atoms with Crippen LogP contribution in [0.2, 0.25) is 0 Å². The van der Waals surface area contributed by atoms with E-state index in [-0.39, 0.29) is 5.91 Å². The van der Waals surface area contributed by atoms with Gasteiger partial charge in [-0.2, -0.15) is 0 Å². The highest BCUT2D eigenvalue weighted by atomic mass is 16.1. The van der Waals surface area contributed by atoms with Crippen molar-refractivity contribution in [1.82, 2.24) is 20.2 Å². The number of fused-ring (bicyclic) bond motifs is 1. The number of amides is 1. The summed E-state index contributed by atoms with van der Waals surface area (Å²) in [5.41, 5.74) is 6.18. The normalized spacial score (nSPS) is 11.5. The van der Waals surface area contributed by atoms with Gasteiger partial charge in [-0.15, -0.1) is 0 Å². The third-order valence-electron chi connectivity index (χ3n) is 6.39. The number of nitrogens with one attached hydrogen (secondary N) is 2. The summed E-state index contributed by atoms with van der Waals surface area (Å²) in [5, 5.41) is 4.29. The Morgan fingerprint density at radius 1 is 1.00 bits per heavy atom. The van der Waals surface area contributed by atoms with E-state index in [1.54, 1.807) is 24.5 Å². The number of hydrogen-bond donors (Lipinski definition) is 2. The van der Waals surface area contributed by atoms with E-state index in [1.807, 2.05) is 12.1 Å². The summed E-state index contributed by atoms with van der Waals surface area (Å²) in [6.45, 7) is 6.02. The number of aromatic nitrogens is 2. The van der Waals surface area contributed by atoms with Crippen molar-refractivity contribution in [3.05, 3.63) is 108 Å². The molecule has 0 atom stereocenters. The van der Waals surface area contributed by atoms with Crippen molar-refractivity contribution in [3.63, 3.8) is 0 Å². The number of hydrogen-bond acceptors (Lipinski definition) is 3. The van der Waals surface area contributed by atoms with Crippen molar-refractivity contribution in [2.24, 2.45) is 0 Å². The van der Waals surface area contributed by atoms with E-state index in [0.29, 0.717) is 6.54 Å². The molecule has 0 aliphatic carbocycles. The van der Waals surface area contributed by atoms with Gasteiger partial charge in [-0.05, 0) is 72.7 Å². The lowest BCUT2D eigenvalue weighted by molar-refractivity contribution is -0.116. The summed E-state index contributed by atoms with van der Waals surface area (Å²) >= 11 is 0. The van der Waals surface area contributed by atoms with E-state index in [2.05, 4.69) is 81.8 Å². The highest BCUT2D eigenvalue weighted by Crippen LogP contribution is 2.19. The molecule has 4 rings (SSSR count). The van der Waals surface area contributed by atoms with E-state index in [1.165, 1.54) is 27.6 Å². The Morgan fingerprint density at radius 2 is 1.83 bits per heavy atom.